The zero-order chi connectivity index (χ0) is 9.68. The molecular formula is C10H9NO2. The van der Waals surface area contributed by atoms with E-state index in [1.165, 1.54) is 12.1 Å². The molecule has 0 spiro atoms. The van der Waals surface area contributed by atoms with Crippen LogP contribution in [0.1, 0.15) is 17.9 Å². The van der Waals surface area contributed by atoms with Crippen molar-refractivity contribution in [3.05, 3.63) is 29.8 Å². The van der Waals surface area contributed by atoms with Gasteiger partial charge in [-0.05, 0) is 17.7 Å². The molecule has 1 atom stereocenters. The average Bonchev–Trinajstić information content (AvgIpc) is 2.16. The Labute approximate surface area is 76.2 Å². The largest absolute Gasteiger partial charge is 0.508 e. The maximum absolute atomic E-state index is 10.2. The van der Waals surface area contributed by atoms with Gasteiger partial charge in [-0.2, -0.15) is 5.26 Å². The SMILES string of the molecule is N#CC(CC=O)c1ccc(O)cc1. The smallest absolute Gasteiger partial charge is 0.121 e. The highest BCUT2D eigenvalue weighted by atomic mass is 16.3. The number of aldehydes is 1. The molecule has 0 aliphatic rings. The van der Waals surface area contributed by atoms with Crippen molar-refractivity contribution < 1.29 is 9.90 Å². The van der Waals surface area contributed by atoms with E-state index in [9.17, 15) is 4.79 Å². The molecule has 0 fully saturated rings. The van der Waals surface area contributed by atoms with E-state index >= 15 is 0 Å². The van der Waals surface area contributed by atoms with Gasteiger partial charge in [-0.1, -0.05) is 12.1 Å². The van der Waals surface area contributed by atoms with E-state index in [0.717, 1.165) is 11.8 Å². The predicted octanol–water partition coefficient (Wildman–Crippen LogP) is 1.59. The maximum atomic E-state index is 10.2. The zero-order valence-electron chi connectivity index (χ0n) is 6.97. The Morgan fingerprint density at radius 3 is 2.54 bits per heavy atom. The number of carbonyl (C=O) groups excluding carboxylic acids is 1. The van der Waals surface area contributed by atoms with E-state index in [1.807, 2.05) is 6.07 Å². The number of hydrogen-bond acceptors (Lipinski definition) is 3. The van der Waals surface area contributed by atoms with Crippen molar-refractivity contribution in [3.8, 4) is 11.8 Å². The van der Waals surface area contributed by atoms with Crippen LogP contribution in [-0.4, -0.2) is 11.4 Å². The molecule has 3 nitrogen and oxygen atoms in total. The van der Waals surface area contributed by atoms with Gasteiger partial charge in [-0.3, -0.25) is 0 Å². The molecule has 0 aliphatic carbocycles. The zero-order valence-corrected chi connectivity index (χ0v) is 6.97. The lowest BCUT2D eigenvalue weighted by Gasteiger charge is -2.04. The van der Waals surface area contributed by atoms with E-state index in [1.54, 1.807) is 12.1 Å². The summed E-state index contributed by atoms with van der Waals surface area (Å²) in [7, 11) is 0. The predicted molar refractivity (Wildman–Crippen MR) is 47.1 cm³/mol. The fraction of sp³-hybridized carbons (Fsp3) is 0.200. The van der Waals surface area contributed by atoms with Gasteiger partial charge in [-0.25, -0.2) is 0 Å². The number of phenols is 1. The standard InChI is InChI=1S/C10H9NO2/c11-7-9(5-6-12)8-1-3-10(13)4-2-8/h1-4,6,9,13H,5H2. The van der Waals surface area contributed by atoms with Gasteiger partial charge in [0.15, 0.2) is 0 Å². The average molecular weight is 175 g/mol. The van der Waals surface area contributed by atoms with E-state index in [4.69, 9.17) is 10.4 Å². The first-order chi connectivity index (χ1) is 6.27. The van der Waals surface area contributed by atoms with Crippen LogP contribution in [0.5, 0.6) is 5.75 Å². The minimum Gasteiger partial charge on any atom is -0.508 e. The van der Waals surface area contributed by atoms with Crippen LogP contribution in [0, 0.1) is 11.3 Å². The van der Waals surface area contributed by atoms with Gasteiger partial charge in [0.2, 0.25) is 0 Å². The molecule has 66 valence electrons. The molecule has 0 saturated heterocycles. The Hall–Kier alpha value is -1.82. The van der Waals surface area contributed by atoms with Crippen LogP contribution >= 0.6 is 0 Å². The Bertz CT molecular complexity index is 324. The molecule has 0 bridgehead atoms. The number of carbonyl (C=O) groups is 1. The monoisotopic (exact) mass is 175 g/mol. The van der Waals surface area contributed by atoms with Gasteiger partial charge in [0.05, 0.1) is 12.0 Å². The minimum atomic E-state index is -0.405. The number of phenolic OH excluding ortho intramolecular Hbond substituents is 1. The lowest BCUT2D eigenvalue weighted by molar-refractivity contribution is -0.107. The summed E-state index contributed by atoms with van der Waals surface area (Å²) in [5.74, 6) is -0.246. The first-order valence-corrected chi connectivity index (χ1v) is 3.90. The van der Waals surface area contributed by atoms with Crippen LogP contribution in [0.2, 0.25) is 0 Å². The highest BCUT2D eigenvalue weighted by molar-refractivity contribution is 5.53. The summed E-state index contributed by atoms with van der Waals surface area (Å²) in [4.78, 5) is 10.2. The van der Waals surface area contributed by atoms with E-state index in [2.05, 4.69) is 0 Å². The van der Waals surface area contributed by atoms with Crippen LogP contribution in [-0.2, 0) is 4.79 Å². The fourth-order valence-electron chi connectivity index (χ4n) is 1.07. The Morgan fingerprint density at radius 2 is 2.08 bits per heavy atom. The molecular weight excluding hydrogens is 166 g/mol. The molecule has 0 amide bonds. The first kappa shape index (κ1) is 9.27. The second-order valence-corrected chi connectivity index (χ2v) is 2.68. The van der Waals surface area contributed by atoms with Crippen LogP contribution in [0.25, 0.3) is 0 Å². The molecule has 1 aromatic carbocycles. The van der Waals surface area contributed by atoms with Gasteiger partial charge in [0.25, 0.3) is 0 Å². The van der Waals surface area contributed by atoms with E-state index in [0.29, 0.717) is 0 Å². The summed E-state index contributed by atoms with van der Waals surface area (Å²) in [5, 5.41) is 17.7. The third kappa shape index (κ3) is 2.31. The molecule has 1 N–H and O–H groups in total. The fourth-order valence-corrected chi connectivity index (χ4v) is 1.07. The summed E-state index contributed by atoms with van der Waals surface area (Å²) in [5.41, 5.74) is 0.757. The number of hydrogen-bond donors (Lipinski definition) is 1. The Balaban J connectivity index is 2.87. The molecule has 0 radical (unpaired) electrons. The number of rotatable bonds is 3. The second kappa shape index (κ2) is 4.27. The molecule has 1 rings (SSSR count). The topological polar surface area (TPSA) is 61.1 Å². The summed E-state index contributed by atoms with van der Waals surface area (Å²) < 4.78 is 0. The van der Waals surface area contributed by atoms with Crippen molar-refractivity contribution in [2.24, 2.45) is 0 Å². The van der Waals surface area contributed by atoms with Crippen LogP contribution in [0.4, 0.5) is 0 Å². The minimum absolute atomic E-state index is 0.159. The molecule has 1 unspecified atom stereocenters. The van der Waals surface area contributed by atoms with Gasteiger partial charge in [0.1, 0.15) is 12.0 Å². The first-order valence-electron chi connectivity index (χ1n) is 3.90. The van der Waals surface area contributed by atoms with E-state index in [-0.39, 0.29) is 12.2 Å². The summed E-state index contributed by atoms with van der Waals surface area (Å²) in [6.45, 7) is 0. The van der Waals surface area contributed by atoms with Gasteiger partial charge < -0.3 is 9.90 Å². The Kier molecular flexibility index (Phi) is 3.04. The normalized spacial score (nSPS) is 11.6. The number of benzene rings is 1. The molecule has 0 saturated carbocycles. The molecule has 3 heteroatoms. The number of nitriles is 1. The van der Waals surface area contributed by atoms with E-state index < -0.39 is 5.92 Å². The number of aromatic hydroxyl groups is 1. The lowest BCUT2D eigenvalue weighted by Crippen LogP contribution is -1.95. The van der Waals surface area contributed by atoms with Crippen molar-refractivity contribution in [1.29, 1.82) is 5.26 Å². The summed E-state index contributed by atoms with van der Waals surface area (Å²) >= 11 is 0. The molecule has 0 heterocycles. The summed E-state index contributed by atoms with van der Waals surface area (Å²) in [6, 6.07) is 8.33. The van der Waals surface area contributed by atoms with Crippen molar-refractivity contribution in [2.45, 2.75) is 12.3 Å². The molecule has 0 aliphatic heterocycles. The highest BCUT2D eigenvalue weighted by Gasteiger charge is 2.08. The van der Waals surface area contributed by atoms with Gasteiger partial charge in [-0.15, -0.1) is 0 Å². The second-order valence-electron chi connectivity index (χ2n) is 2.68. The third-order valence-electron chi connectivity index (χ3n) is 1.78. The maximum Gasteiger partial charge on any atom is 0.121 e. The molecule has 13 heavy (non-hydrogen) atoms. The van der Waals surface area contributed by atoms with Crippen molar-refractivity contribution >= 4 is 6.29 Å². The lowest BCUT2D eigenvalue weighted by atomic mass is 9.98. The van der Waals surface area contributed by atoms with Crippen LogP contribution < -0.4 is 0 Å². The van der Waals surface area contributed by atoms with Crippen LogP contribution in [0.15, 0.2) is 24.3 Å². The number of nitrogens with zero attached hydrogens (tertiary/aromatic N) is 1. The van der Waals surface area contributed by atoms with Crippen molar-refractivity contribution in [3.63, 3.8) is 0 Å². The van der Waals surface area contributed by atoms with Gasteiger partial charge in [0, 0.05) is 6.42 Å². The van der Waals surface area contributed by atoms with Gasteiger partial charge >= 0.3 is 0 Å². The molecule has 1 aromatic rings. The van der Waals surface area contributed by atoms with Crippen LogP contribution in [0.3, 0.4) is 0 Å². The molecule has 0 aromatic heterocycles. The van der Waals surface area contributed by atoms with Crippen molar-refractivity contribution in [2.75, 3.05) is 0 Å². The quantitative estimate of drug-likeness (QED) is 0.709. The van der Waals surface area contributed by atoms with Crippen molar-refractivity contribution in [1.82, 2.24) is 0 Å². The third-order valence-corrected chi connectivity index (χ3v) is 1.78. The summed E-state index contributed by atoms with van der Waals surface area (Å²) in [6.07, 6.45) is 0.919. The highest BCUT2D eigenvalue weighted by Crippen LogP contribution is 2.19. The Morgan fingerprint density at radius 1 is 1.46 bits per heavy atom.